The first-order chi connectivity index (χ1) is 16.1. The lowest BCUT2D eigenvalue weighted by atomic mass is 9.98. The van der Waals surface area contributed by atoms with Crippen LogP contribution in [0, 0.1) is 0 Å². The molecule has 0 radical (unpaired) electrons. The third-order valence-electron chi connectivity index (χ3n) is 5.79. The van der Waals surface area contributed by atoms with Crippen LogP contribution in [0.3, 0.4) is 0 Å². The number of benzene rings is 1. The zero-order chi connectivity index (χ0) is 25.2. The molecular weight excluding hydrogens is 460 g/mol. The molecular formula is C21H32O13. The summed E-state index contributed by atoms with van der Waals surface area (Å²) in [6.07, 6.45) is -14.0. The van der Waals surface area contributed by atoms with Crippen molar-refractivity contribution >= 4 is 0 Å². The minimum atomic E-state index is -1.65. The van der Waals surface area contributed by atoms with Crippen molar-refractivity contribution in [3.05, 3.63) is 12.1 Å². The number of aliphatic hydroxyl groups is 6. The monoisotopic (exact) mass is 492 g/mol. The van der Waals surface area contributed by atoms with Crippen molar-refractivity contribution in [3.8, 4) is 23.0 Å². The van der Waals surface area contributed by atoms with Crippen LogP contribution in [0.15, 0.2) is 12.1 Å². The predicted octanol–water partition coefficient (Wildman–Crippen LogP) is -2.26. The topological polar surface area (TPSA) is 186 Å². The Morgan fingerprint density at radius 3 is 1.82 bits per heavy atom. The second-order valence-corrected chi connectivity index (χ2v) is 8.01. The summed E-state index contributed by atoms with van der Waals surface area (Å²) < 4.78 is 37.9. The minimum absolute atomic E-state index is 0.152. The molecule has 6 N–H and O–H groups in total. The number of methoxy groups -OCH3 is 3. The van der Waals surface area contributed by atoms with Gasteiger partial charge in [0.05, 0.1) is 34.0 Å². The van der Waals surface area contributed by atoms with Crippen LogP contribution in [0.25, 0.3) is 0 Å². The SMILES string of the molecule is COc1cc(O[C@@H]2O[C@H](CO[C@H]3O[C@@H](C)[C@H](O)[C@@H](O)[C@H]3O)[C@@H](O)[C@H](O)[C@H]2O)cc(OC)c1OC. The number of ether oxygens (including phenoxy) is 7. The van der Waals surface area contributed by atoms with Crippen LogP contribution in [-0.2, 0) is 14.2 Å². The van der Waals surface area contributed by atoms with E-state index in [-0.39, 0.29) is 17.2 Å². The first kappa shape index (κ1) is 26.7. The summed E-state index contributed by atoms with van der Waals surface area (Å²) >= 11 is 0. The smallest absolute Gasteiger partial charge is 0.229 e. The van der Waals surface area contributed by atoms with E-state index in [1.165, 1.54) is 40.4 Å². The molecule has 1 aromatic carbocycles. The molecule has 0 unspecified atom stereocenters. The Labute approximate surface area is 195 Å². The highest BCUT2D eigenvalue weighted by molar-refractivity contribution is 5.55. The molecule has 2 aliphatic rings. The summed E-state index contributed by atoms with van der Waals surface area (Å²) in [6, 6.07) is 2.92. The largest absolute Gasteiger partial charge is 0.493 e. The van der Waals surface area contributed by atoms with Crippen LogP contribution in [0.2, 0.25) is 0 Å². The second-order valence-electron chi connectivity index (χ2n) is 8.01. The molecule has 0 aromatic heterocycles. The van der Waals surface area contributed by atoms with E-state index in [0.29, 0.717) is 5.75 Å². The number of aliphatic hydroxyl groups excluding tert-OH is 6. The van der Waals surface area contributed by atoms with Crippen LogP contribution in [0.1, 0.15) is 6.92 Å². The normalized spacial score (nSPS) is 38.3. The summed E-state index contributed by atoms with van der Waals surface area (Å²) in [5.41, 5.74) is 0. The fourth-order valence-electron chi connectivity index (χ4n) is 3.75. The van der Waals surface area contributed by atoms with Crippen LogP contribution in [0.5, 0.6) is 23.0 Å². The summed E-state index contributed by atoms with van der Waals surface area (Å²) in [5.74, 6) is 1.03. The standard InChI is InChI=1S/C21H32O13/c1-8-13(22)15(24)17(26)20(32-8)31-7-12-14(23)16(25)18(27)21(34-12)33-9-5-10(28-2)19(30-4)11(6-9)29-3/h5-6,8,12-18,20-27H,7H2,1-4H3/t8-,12+,13-,14+,15+,16-,17+,18+,20-,21+/m0/s1. The van der Waals surface area contributed by atoms with Crippen molar-refractivity contribution < 1.29 is 63.8 Å². The first-order valence-electron chi connectivity index (χ1n) is 10.6. The molecule has 10 atom stereocenters. The summed E-state index contributed by atoms with van der Waals surface area (Å²) in [4.78, 5) is 0. The number of rotatable bonds is 8. The van der Waals surface area contributed by atoms with E-state index in [9.17, 15) is 30.6 Å². The third-order valence-corrected chi connectivity index (χ3v) is 5.79. The molecule has 2 saturated heterocycles. The van der Waals surface area contributed by atoms with Gasteiger partial charge in [-0.1, -0.05) is 0 Å². The lowest BCUT2D eigenvalue weighted by Gasteiger charge is -2.42. The van der Waals surface area contributed by atoms with Crippen molar-refractivity contribution in [1.29, 1.82) is 0 Å². The van der Waals surface area contributed by atoms with Crippen LogP contribution in [-0.4, -0.2) is 120 Å². The van der Waals surface area contributed by atoms with Crippen molar-refractivity contribution in [3.63, 3.8) is 0 Å². The maximum atomic E-state index is 10.4. The molecule has 3 rings (SSSR count). The molecule has 2 fully saturated rings. The maximum Gasteiger partial charge on any atom is 0.229 e. The van der Waals surface area contributed by atoms with Gasteiger partial charge >= 0.3 is 0 Å². The molecule has 2 heterocycles. The van der Waals surface area contributed by atoms with Gasteiger partial charge < -0.3 is 63.8 Å². The average Bonchev–Trinajstić information content (AvgIpc) is 2.84. The van der Waals surface area contributed by atoms with E-state index >= 15 is 0 Å². The van der Waals surface area contributed by atoms with Gasteiger partial charge in [-0.3, -0.25) is 0 Å². The van der Waals surface area contributed by atoms with Crippen molar-refractivity contribution in [1.82, 2.24) is 0 Å². The molecule has 0 spiro atoms. The Bertz CT molecular complexity index is 782. The van der Waals surface area contributed by atoms with E-state index < -0.39 is 68.0 Å². The fraction of sp³-hybridized carbons (Fsp3) is 0.714. The van der Waals surface area contributed by atoms with E-state index in [2.05, 4.69) is 0 Å². The Balaban J connectivity index is 1.72. The molecule has 0 aliphatic carbocycles. The van der Waals surface area contributed by atoms with Gasteiger partial charge in [0.15, 0.2) is 17.8 Å². The lowest BCUT2D eigenvalue weighted by molar-refractivity contribution is -0.318. The quantitative estimate of drug-likeness (QED) is 0.229. The van der Waals surface area contributed by atoms with Gasteiger partial charge in [0.25, 0.3) is 0 Å². The molecule has 13 nitrogen and oxygen atoms in total. The summed E-state index contributed by atoms with van der Waals surface area (Å²) in [7, 11) is 4.27. The Morgan fingerprint density at radius 2 is 1.26 bits per heavy atom. The van der Waals surface area contributed by atoms with Crippen molar-refractivity contribution in [2.24, 2.45) is 0 Å². The van der Waals surface area contributed by atoms with Gasteiger partial charge in [0.1, 0.15) is 48.5 Å². The average molecular weight is 492 g/mol. The second kappa shape index (κ2) is 11.2. The molecule has 1 aromatic rings. The van der Waals surface area contributed by atoms with Crippen molar-refractivity contribution in [2.75, 3.05) is 27.9 Å². The molecule has 2 aliphatic heterocycles. The maximum absolute atomic E-state index is 10.4. The van der Waals surface area contributed by atoms with Crippen LogP contribution in [0.4, 0.5) is 0 Å². The lowest BCUT2D eigenvalue weighted by Crippen LogP contribution is -2.61. The first-order valence-corrected chi connectivity index (χ1v) is 10.6. The Kier molecular flexibility index (Phi) is 8.78. The zero-order valence-electron chi connectivity index (χ0n) is 19.2. The van der Waals surface area contributed by atoms with E-state index in [1.54, 1.807) is 0 Å². The number of hydrogen-bond acceptors (Lipinski definition) is 13. The third kappa shape index (κ3) is 5.32. The molecule has 194 valence electrons. The molecule has 13 heteroatoms. The Morgan fingerprint density at radius 1 is 0.706 bits per heavy atom. The zero-order valence-corrected chi connectivity index (χ0v) is 19.2. The van der Waals surface area contributed by atoms with Gasteiger partial charge in [-0.2, -0.15) is 0 Å². The van der Waals surface area contributed by atoms with Gasteiger partial charge in [-0.05, 0) is 6.92 Å². The van der Waals surface area contributed by atoms with E-state index in [4.69, 9.17) is 33.2 Å². The van der Waals surface area contributed by atoms with E-state index in [1.807, 2.05) is 0 Å². The highest BCUT2D eigenvalue weighted by Crippen LogP contribution is 2.41. The molecule has 0 amide bonds. The van der Waals surface area contributed by atoms with E-state index in [0.717, 1.165) is 0 Å². The van der Waals surface area contributed by atoms with Crippen LogP contribution >= 0.6 is 0 Å². The van der Waals surface area contributed by atoms with Gasteiger partial charge in [0, 0.05) is 12.1 Å². The highest BCUT2D eigenvalue weighted by Gasteiger charge is 2.47. The summed E-state index contributed by atoms with van der Waals surface area (Å²) in [6.45, 7) is 1.08. The summed E-state index contributed by atoms with van der Waals surface area (Å²) in [5, 5.41) is 60.8. The molecule has 34 heavy (non-hydrogen) atoms. The van der Waals surface area contributed by atoms with Gasteiger partial charge in [0.2, 0.25) is 12.0 Å². The number of hydrogen-bond donors (Lipinski definition) is 6. The van der Waals surface area contributed by atoms with Crippen LogP contribution < -0.4 is 18.9 Å². The van der Waals surface area contributed by atoms with Gasteiger partial charge in [-0.25, -0.2) is 0 Å². The molecule has 0 bridgehead atoms. The minimum Gasteiger partial charge on any atom is -0.493 e. The van der Waals surface area contributed by atoms with Gasteiger partial charge in [-0.15, -0.1) is 0 Å². The highest BCUT2D eigenvalue weighted by atomic mass is 16.7. The predicted molar refractivity (Wildman–Crippen MR) is 112 cm³/mol. The Hall–Kier alpha value is -1.94. The molecule has 0 saturated carbocycles. The van der Waals surface area contributed by atoms with Crippen molar-refractivity contribution in [2.45, 2.75) is 68.3 Å². The fourth-order valence-corrected chi connectivity index (χ4v) is 3.75.